The summed E-state index contributed by atoms with van der Waals surface area (Å²) in [6.45, 7) is 32.4. The molecule has 0 fully saturated rings. The van der Waals surface area contributed by atoms with Crippen LogP contribution in [0.3, 0.4) is 0 Å². The van der Waals surface area contributed by atoms with Crippen LogP contribution in [0.2, 0.25) is 0 Å². The minimum absolute atomic E-state index is 0.116. The summed E-state index contributed by atoms with van der Waals surface area (Å²) in [4.78, 5) is 2.50. The van der Waals surface area contributed by atoms with Crippen LogP contribution in [0.25, 0.3) is 94.0 Å². The first-order valence-corrected chi connectivity index (χ1v) is 37.0. The summed E-state index contributed by atoms with van der Waals surface area (Å²) in [5, 5.41) is 7.38. The van der Waals surface area contributed by atoms with E-state index in [4.69, 9.17) is 0 Å². The number of nitrogens with zero attached hydrogens (tertiary/aromatic N) is 1. The summed E-state index contributed by atoms with van der Waals surface area (Å²) in [6, 6.07) is 101. The first-order valence-electron chi connectivity index (χ1n) is 37.0. The number of allylic oxidation sites excluding steroid dienone is 5. The third-order valence-corrected chi connectivity index (χ3v) is 21.4. The van der Waals surface area contributed by atoms with Crippen molar-refractivity contribution in [2.45, 2.75) is 139 Å². The molecule has 13 aromatic rings. The lowest BCUT2D eigenvalue weighted by Crippen LogP contribution is -2.24. The van der Waals surface area contributed by atoms with Gasteiger partial charge in [0.1, 0.15) is 0 Å². The summed E-state index contributed by atoms with van der Waals surface area (Å²) >= 11 is 0. The minimum Gasteiger partial charge on any atom is -0.310 e. The summed E-state index contributed by atoms with van der Waals surface area (Å²) in [6.07, 6.45) is 13.7. The summed E-state index contributed by atoms with van der Waals surface area (Å²) in [5.41, 5.74) is 30.7. The molecule has 1 atom stereocenters. The van der Waals surface area contributed by atoms with Gasteiger partial charge in [-0.05, 0) is 238 Å². The number of hydrogen-bond donors (Lipinski definition) is 0. The van der Waals surface area contributed by atoms with Crippen LogP contribution in [0.1, 0.15) is 156 Å². The smallest absolute Gasteiger partial charge is 0.0546 e. The average Bonchev–Trinajstić information content (AvgIpc) is 0.724. The van der Waals surface area contributed by atoms with E-state index in [1.165, 1.54) is 149 Å². The van der Waals surface area contributed by atoms with Crippen LogP contribution >= 0.6 is 0 Å². The van der Waals surface area contributed by atoms with Crippen molar-refractivity contribution in [3.8, 4) is 44.5 Å². The molecular formula is C101H99N. The highest BCUT2D eigenvalue weighted by Crippen LogP contribution is 2.48. The second-order valence-corrected chi connectivity index (χ2v) is 33.1. The molecule has 0 heterocycles. The topological polar surface area (TPSA) is 3.24 Å². The maximum Gasteiger partial charge on any atom is 0.0546 e. The second kappa shape index (κ2) is 27.9. The molecule has 1 heteroatoms. The molecular weight excluding hydrogens is 1230 g/mol. The Bertz CT molecular complexity index is 5310. The normalized spacial score (nSPS) is 13.8. The van der Waals surface area contributed by atoms with E-state index >= 15 is 0 Å². The fourth-order valence-corrected chi connectivity index (χ4v) is 16.9. The predicted octanol–water partition coefficient (Wildman–Crippen LogP) is 28.9. The molecule has 1 aliphatic rings. The zero-order valence-corrected chi connectivity index (χ0v) is 62.6. The Kier molecular flexibility index (Phi) is 18.8. The SMILES string of the molecule is Cc1ccc(C=C(Cc2ccc(C3=CCC(c4ccc(-c5ccc(C(C)(C)CC(C)(C)C)cc5)cc4)C=C3)cc2)c2cc3c4ccccc4c(N(c4ccc(-c5ccc(-c6ccc(-c7ccc(C(C)(C)CC(C)(C)C)cc7)cc6)cc5)cc4)c4ccc(C)cc4C)cc3c3ccccc23)c(C)c1. The molecule has 1 aliphatic carbocycles. The number of fused-ring (bicyclic) bond motifs is 5. The maximum absolute atomic E-state index is 2.51. The van der Waals surface area contributed by atoms with Crippen LogP contribution in [0.15, 0.2) is 285 Å². The van der Waals surface area contributed by atoms with Crippen molar-refractivity contribution >= 4 is 66.6 Å². The predicted molar refractivity (Wildman–Crippen MR) is 444 cm³/mol. The molecule has 14 rings (SSSR count). The molecule has 102 heavy (non-hydrogen) atoms. The van der Waals surface area contributed by atoms with E-state index in [-0.39, 0.29) is 21.7 Å². The molecule has 0 aromatic heterocycles. The van der Waals surface area contributed by atoms with Crippen molar-refractivity contribution in [2.24, 2.45) is 10.8 Å². The van der Waals surface area contributed by atoms with Gasteiger partial charge in [-0.3, -0.25) is 0 Å². The van der Waals surface area contributed by atoms with Gasteiger partial charge < -0.3 is 4.90 Å². The van der Waals surface area contributed by atoms with Crippen molar-refractivity contribution in [1.82, 2.24) is 0 Å². The van der Waals surface area contributed by atoms with Crippen LogP contribution in [0, 0.1) is 38.5 Å². The number of anilines is 3. The highest BCUT2D eigenvalue weighted by atomic mass is 15.1. The van der Waals surface area contributed by atoms with Crippen molar-refractivity contribution in [2.75, 3.05) is 4.90 Å². The Hall–Kier alpha value is -10.3. The lowest BCUT2D eigenvalue weighted by Gasteiger charge is -2.33. The first-order chi connectivity index (χ1) is 48.9. The van der Waals surface area contributed by atoms with Gasteiger partial charge in [-0.2, -0.15) is 0 Å². The van der Waals surface area contributed by atoms with Gasteiger partial charge in [0.25, 0.3) is 0 Å². The number of hydrogen-bond acceptors (Lipinski definition) is 1. The Balaban J connectivity index is 0.745. The molecule has 0 N–H and O–H groups in total. The van der Waals surface area contributed by atoms with E-state index in [0.29, 0.717) is 5.92 Å². The largest absolute Gasteiger partial charge is 0.310 e. The van der Waals surface area contributed by atoms with Crippen LogP contribution in [-0.2, 0) is 17.3 Å². The van der Waals surface area contributed by atoms with Crippen molar-refractivity contribution in [3.63, 3.8) is 0 Å². The van der Waals surface area contributed by atoms with Gasteiger partial charge in [0, 0.05) is 22.7 Å². The van der Waals surface area contributed by atoms with E-state index in [2.05, 4.69) is 393 Å². The first kappa shape index (κ1) is 68.8. The van der Waals surface area contributed by atoms with Crippen molar-refractivity contribution < 1.29 is 0 Å². The minimum atomic E-state index is 0.116. The molecule has 0 saturated carbocycles. The number of rotatable bonds is 17. The van der Waals surface area contributed by atoms with Gasteiger partial charge in [0.15, 0.2) is 0 Å². The molecule has 0 aliphatic heterocycles. The van der Waals surface area contributed by atoms with Gasteiger partial charge in [0.05, 0.1) is 5.69 Å². The fraction of sp³-hybridized carbons (Fsp3) is 0.228. The molecule has 1 nitrogen and oxygen atoms in total. The lowest BCUT2D eigenvalue weighted by molar-refractivity contribution is 0.283. The Morgan fingerprint density at radius 2 is 0.804 bits per heavy atom. The zero-order valence-electron chi connectivity index (χ0n) is 62.6. The molecule has 0 spiro atoms. The Labute approximate surface area is 608 Å². The summed E-state index contributed by atoms with van der Waals surface area (Å²) in [5.74, 6) is 0.342. The van der Waals surface area contributed by atoms with E-state index in [0.717, 1.165) is 42.7 Å². The van der Waals surface area contributed by atoms with E-state index in [1.807, 2.05) is 0 Å². The van der Waals surface area contributed by atoms with Crippen molar-refractivity contribution in [1.29, 1.82) is 0 Å². The molecule has 13 aromatic carbocycles. The third-order valence-electron chi connectivity index (χ3n) is 21.4. The van der Waals surface area contributed by atoms with Crippen LogP contribution < -0.4 is 4.90 Å². The fourth-order valence-electron chi connectivity index (χ4n) is 16.9. The van der Waals surface area contributed by atoms with Gasteiger partial charge >= 0.3 is 0 Å². The summed E-state index contributed by atoms with van der Waals surface area (Å²) < 4.78 is 0. The Morgan fingerprint density at radius 3 is 1.27 bits per heavy atom. The van der Waals surface area contributed by atoms with Crippen LogP contribution in [0.4, 0.5) is 17.1 Å². The van der Waals surface area contributed by atoms with E-state index < -0.39 is 0 Å². The second-order valence-electron chi connectivity index (χ2n) is 33.1. The van der Waals surface area contributed by atoms with Crippen LogP contribution in [-0.4, -0.2) is 0 Å². The molecule has 0 radical (unpaired) electrons. The zero-order chi connectivity index (χ0) is 71.2. The number of benzene rings is 13. The van der Waals surface area contributed by atoms with E-state index in [1.54, 1.807) is 0 Å². The van der Waals surface area contributed by atoms with Gasteiger partial charge in [-0.15, -0.1) is 0 Å². The molecule has 0 saturated heterocycles. The monoisotopic (exact) mass is 1330 g/mol. The van der Waals surface area contributed by atoms with Crippen molar-refractivity contribution in [3.05, 3.63) is 346 Å². The molecule has 508 valence electrons. The Morgan fingerprint density at radius 1 is 0.382 bits per heavy atom. The van der Waals surface area contributed by atoms with Gasteiger partial charge in [-0.25, -0.2) is 0 Å². The van der Waals surface area contributed by atoms with Gasteiger partial charge in [-0.1, -0.05) is 341 Å². The maximum atomic E-state index is 2.51. The van der Waals surface area contributed by atoms with E-state index in [9.17, 15) is 0 Å². The average molecular weight is 1330 g/mol. The number of aryl methyl sites for hydroxylation is 4. The summed E-state index contributed by atoms with van der Waals surface area (Å²) in [7, 11) is 0. The highest BCUT2D eigenvalue weighted by Gasteiger charge is 2.29. The van der Waals surface area contributed by atoms with Gasteiger partial charge in [0.2, 0.25) is 0 Å². The third kappa shape index (κ3) is 14.9. The quantitative estimate of drug-likeness (QED) is 0.0649. The lowest BCUT2D eigenvalue weighted by atomic mass is 9.72. The molecule has 0 amide bonds. The molecule has 1 unspecified atom stereocenters. The van der Waals surface area contributed by atoms with Crippen LogP contribution in [0.5, 0.6) is 0 Å². The standard InChI is InChI=1S/C101H99N/c1-67-23-27-84(69(3)59-67)62-85(61-71-25-28-72(29-26-71)73-30-32-74(33-31-73)75-34-40-78(41-35-75)81-46-52-86(53-47-81)100(11,12)65-98(5,6)7)93-63-94-91-21-17-18-22-92(91)97(64-95(94)90-20-16-15-19-89(90)93)102(96-58-24-68(2)60-70(96)4)88-56-50-83(51-57-88)80-44-38-77(39-45-80)76-36-42-79(43-37-76)82-48-54-87(55-49-82)101(13,14)66-99(8,9)10/h15-32,34-60,62-64,74H,33,61,65-66H2,1-14H3. The highest BCUT2D eigenvalue weighted by molar-refractivity contribution is 6.23. The molecule has 0 bridgehead atoms.